The first-order chi connectivity index (χ1) is 14.2. The predicted octanol–water partition coefficient (Wildman–Crippen LogP) is 7.04. The first-order valence-electron chi connectivity index (χ1n) is 13.3. The second-order valence-electron chi connectivity index (χ2n) is 12.5. The quantitative estimate of drug-likeness (QED) is 0.437. The van der Waals surface area contributed by atoms with Gasteiger partial charge in [-0.3, -0.25) is 0 Å². The molecule has 0 saturated heterocycles. The predicted molar refractivity (Wildman–Crippen MR) is 125 cm³/mol. The van der Waals surface area contributed by atoms with Crippen LogP contribution in [-0.2, 0) is 0 Å². The Balaban J connectivity index is 1.40. The van der Waals surface area contributed by atoms with Crippen LogP contribution < -0.4 is 0 Å². The van der Waals surface area contributed by atoms with Crippen LogP contribution in [0.2, 0.25) is 0 Å². The second kappa shape index (κ2) is 8.54. The van der Waals surface area contributed by atoms with Gasteiger partial charge in [0.25, 0.3) is 0 Å². The minimum Gasteiger partial charge on any atom is -0.393 e. The van der Waals surface area contributed by atoms with Gasteiger partial charge in [-0.25, -0.2) is 0 Å². The van der Waals surface area contributed by atoms with Gasteiger partial charge in [0.15, 0.2) is 0 Å². The fourth-order valence-corrected chi connectivity index (χ4v) is 8.64. The lowest BCUT2D eigenvalue weighted by Gasteiger charge is -2.58. The minimum absolute atomic E-state index is 0.0971. The lowest BCUT2D eigenvalue weighted by molar-refractivity contribution is -0.0517. The molecule has 0 aromatic carbocycles. The van der Waals surface area contributed by atoms with Crippen LogP contribution in [0.3, 0.4) is 0 Å². The lowest BCUT2D eigenvalue weighted by Crippen LogP contribution is -2.50. The summed E-state index contributed by atoms with van der Waals surface area (Å²) in [5, 5.41) is 20.9. The third-order valence-corrected chi connectivity index (χ3v) is 10.6. The van der Waals surface area contributed by atoms with Crippen LogP contribution in [0.4, 0.5) is 0 Å². The third-order valence-electron chi connectivity index (χ3n) is 10.6. The topological polar surface area (TPSA) is 40.5 Å². The summed E-state index contributed by atoms with van der Waals surface area (Å²) >= 11 is 0. The molecule has 0 aromatic rings. The third kappa shape index (κ3) is 4.05. The van der Waals surface area contributed by atoms with E-state index in [0.717, 1.165) is 55.8 Å². The molecule has 0 heterocycles. The number of fused-ring (bicyclic) bond motifs is 5. The maximum atomic E-state index is 10.7. The smallest absolute Gasteiger partial charge is 0.0619 e. The molecule has 4 rings (SSSR count). The number of hydrogen-bond donors (Lipinski definition) is 2. The van der Waals surface area contributed by atoms with Crippen molar-refractivity contribution in [1.82, 2.24) is 0 Å². The molecule has 172 valence electrons. The van der Waals surface area contributed by atoms with E-state index in [0.29, 0.717) is 10.8 Å². The molecule has 0 aromatic heterocycles. The fourth-order valence-electron chi connectivity index (χ4n) is 8.64. The van der Waals surface area contributed by atoms with Crippen LogP contribution in [0.5, 0.6) is 0 Å². The average Bonchev–Trinajstić information content (AvgIpc) is 3.03. The Hall–Kier alpha value is -0.340. The summed E-state index contributed by atoms with van der Waals surface area (Å²) in [4.78, 5) is 0. The summed E-state index contributed by atoms with van der Waals surface area (Å²) in [6.07, 6.45) is 19.3. The van der Waals surface area contributed by atoms with Crippen molar-refractivity contribution in [2.24, 2.45) is 34.5 Å². The monoisotopic (exact) mass is 416 g/mol. The van der Waals surface area contributed by atoms with Crippen molar-refractivity contribution in [3.8, 4) is 0 Å². The van der Waals surface area contributed by atoms with E-state index in [1.807, 2.05) is 0 Å². The maximum Gasteiger partial charge on any atom is 0.0619 e. The summed E-state index contributed by atoms with van der Waals surface area (Å²) in [6, 6.07) is 0. The van der Waals surface area contributed by atoms with Gasteiger partial charge < -0.3 is 10.2 Å². The van der Waals surface area contributed by atoms with Gasteiger partial charge in [0.05, 0.1) is 11.7 Å². The zero-order valence-corrected chi connectivity index (χ0v) is 20.3. The van der Waals surface area contributed by atoms with Gasteiger partial charge in [0.2, 0.25) is 0 Å². The van der Waals surface area contributed by atoms with Gasteiger partial charge >= 0.3 is 0 Å². The fraction of sp³-hybridized carbons (Fsp3) is 0.929. The molecule has 0 radical (unpaired) electrons. The Morgan fingerprint density at radius 2 is 1.80 bits per heavy atom. The number of unbranched alkanes of at least 4 members (excludes halogenated alkanes) is 1. The minimum atomic E-state index is -0.461. The van der Waals surface area contributed by atoms with Crippen LogP contribution in [0.25, 0.3) is 0 Å². The number of aliphatic hydroxyl groups is 2. The number of allylic oxidation sites excluding steroid dienone is 1. The number of rotatable bonds is 7. The Labute approximate surface area is 185 Å². The van der Waals surface area contributed by atoms with Crippen molar-refractivity contribution in [2.75, 3.05) is 0 Å². The van der Waals surface area contributed by atoms with E-state index in [1.165, 1.54) is 57.8 Å². The largest absolute Gasteiger partial charge is 0.393 e. The van der Waals surface area contributed by atoms with Crippen LogP contribution in [0.15, 0.2) is 11.6 Å². The molecule has 3 fully saturated rings. The van der Waals surface area contributed by atoms with E-state index in [2.05, 4.69) is 33.8 Å². The molecule has 4 aliphatic rings. The van der Waals surface area contributed by atoms with Gasteiger partial charge in [0.1, 0.15) is 0 Å². The SMILES string of the molecule is CCCCC(C)(O)CCCC1CCC2C3CC=C4C[C@@H](O)CCC4(C)C3CC[C@]12C. The van der Waals surface area contributed by atoms with E-state index in [1.54, 1.807) is 5.57 Å². The maximum absolute atomic E-state index is 10.7. The molecular formula is C28H48O2. The van der Waals surface area contributed by atoms with Crippen molar-refractivity contribution in [3.05, 3.63) is 11.6 Å². The number of hydrogen-bond acceptors (Lipinski definition) is 2. The van der Waals surface area contributed by atoms with Crippen molar-refractivity contribution >= 4 is 0 Å². The highest BCUT2D eigenvalue weighted by Gasteiger charge is 2.58. The molecule has 8 atom stereocenters. The van der Waals surface area contributed by atoms with Crippen LogP contribution >= 0.6 is 0 Å². The highest BCUT2D eigenvalue weighted by atomic mass is 16.3. The van der Waals surface area contributed by atoms with Crippen LogP contribution in [0.1, 0.15) is 118 Å². The van der Waals surface area contributed by atoms with Gasteiger partial charge in [-0.15, -0.1) is 0 Å². The molecule has 30 heavy (non-hydrogen) atoms. The summed E-state index contributed by atoms with van der Waals surface area (Å²) in [5.41, 5.74) is 2.01. The Morgan fingerprint density at radius 1 is 1.03 bits per heavy atom. The Morgan fingerprint density at radius 3 is 2.57 bits per heavy atom. The van der Waals surface area contributed by atoms with Crippen LogP contribution in [0, 0.1) is 34.5 Å². The Bertz CT molecular complexity index is 637. The molecule has 4 aliphatic carbocycles. The van der Waals surface area contributed by atoms with Gasteiger partial charge in [-0.2, -0.15) is 0 Å². The normalized spacial score (nSPS) is 45.1. The molecule has 2 N–H and O–H groups in total. The molecule has 0 aliphatic heterocycles. The summed E-state index contributed by atoms with van der Waals surface area (Å²) in [5.74, 6) is 3.46. The molecular weight excluding hydrogens is 368 g/mol. The number of aliphatic hydroxyl groups excluding tert-OH is 1. The summed E-state index contributed by atoms with van der Waals surface area (Å²) in [6.45, 7) is 9.44. The molecule has 2 heteroatoms. The average molecular weight is 417 g/mol. The van der Waals surface area contributed by atoms with E-state index in [4.69, 9.17) is 0 Å². The molecule has 0 spiro atoms. The lowest BCUT2D eigenvalue weighted by atomic mass is 9.47. The van der Waals surface area contributed by atoms with E-state index in [-0.39, 0.29) is 6.10 Å². The van der Waals surface area contributed by atoms with Crippen molar-refractivity contribution in [1.29, 1.82) is 0 Å². The molecule has 2 nitrogen and oxygen atoms in total. The highest BCUT2D eigenvalue weighted by Crippen LogP contribution is 2.66. The van der Waals surface area contributed by atoms with E-state index >= 15 is 0 Å². The van der Waals surface area contributed by atoms with Gasteiger partial charge in [-0.1, -0.05) is 51.7 Å². The van der Waals surface area contributed by atoms with Gasteiger partial charge in [-0.05, 0) is 112 Å². The zero-order chi connectivity index (χ0) is 21.6. The van der Waals surface area contributed by atoms with Crippen molar-refractivity contribution in [2.45, 2.75) is 129 Å². The zero-order valence-electron chi connectivity index (χ0n) is 20.3. The van der Waals surface area contributed by atoms with Crippen molar-refractivity contribution < 1.29 is 10.2 Å². The Kier molecular flexibility index (Phi) is 6.50. The summed E-state index contributed by atoms with van der Waals surface area (Å²) < 4.78 is 0. The highest BCUT2D eigenvalue weighted by molar-refractivity contribution is 5.25. The molecule has 6 unspecified atom stereocenters. The van der Waals surface area contributed by atoms with Gasteiger partial charge in [0, 0.05) is 0 Å². The molecule has 0 bridgehead atoms. The van der Waals surface area contributed by atoms with Crippen LogP contribution in [-0.4, -0.2) is 21.9 Å². The van der Waals surface area contributed by atoms with Crippen molar-refractivity contribution in [3.63, 3.8) is 0 Å². The van der Waals surface area contributed by atoms with E-state index < -0.39 is 5.60 Å². The molecule has 0 amide bonds. The van der Waals surface area contributed by atoms with E-state index in [9.17, 15) is 10.2 Å². The summed E-state index contributed by atoms with van der Waals surface area (Å²) in [7, 11) is 0. The standard InChI is InChI=1S/C28H48O2/c1-5-6-15-26(2,30)16-7-8-20-10-12-24-23-11-9-21-19-22(29)13-17-28(21,4)25(23)14-18-27(20,24)3/h9,20,22-25,29-30H,5-8,10-19H2,1-4H3/t20?,22-,23?,24?,25?,26?,27+,28?/m0/s1. The molecule has 3 saturated carbocycles. The first-order valence-corrected chi connectivity index (χ1v) is 13.3. The first kappa shape index (κ1) is 22.8. The second-order valence-corrected chi connectivity index (χ2v) is 12.5.